The molecule has 1 aromatic rings. The van der Waals surface area contributed by atoms with Gasteiger partial charge in [-0.3, -0.25) is 9.59 Å². The molecule has 1 fully saturated rings. The maximum Gasteiger partial charge on any atom is 0.225 e. The average Bonchev–Trinajstić information content (AvgIpc) is 2.97. The van der Waals surface area contributed by atoms with Gasteiger partial charge in [0.15, 0.2) is 0 Å². The molecule has 0 unspecified atom stereocenters. The topological polar surface area (TPSA) is 62.6 Å². The summed E-state index contributed by atoms with van der Waals surface area (Å²) in [4.78, 5) is 25.3. The molecule has 1 N–H and O–H groups in total. The van der Waals surface area contributed by atoms with Crippen LogP contribution in [0.1, 0.15) is 25.5 Å². The number of nitrogens with one attached hydrogen (secondary N) is 1. The van der Waals surface area contributed by atoms with E-state index in [2.05, 4.69) is 5.32 Å². The number of nitrogens with zero attached hydrogens (tertiary/aromatic N) is 1. The first-order chi connectivity index (χ1) is 8.70. The summed E-state index contributed by atoms with van der Waals surface area (Å²) in [6.07, 6.45) is 2.82. The highest BCUT2D eigenvalue weighted by molar-refractivity contribution is 5.89. The van der Waals surface area contributed by atoms with Crippen molar-refractivity contribution < 1.29 is 14.0 Å². The molecule has 1 aromatic heterocycles. The Balaban J connectivity index is 1.81. The first-order valence-electron chi connectivity index (χ1n) is 6.28. The monoisotopic (exact) mass is 250 g/mol. The van der Waals surface area contributed by atoms with Crippen LogP contribution in [0.4, 0.5) is 0 Å². The Hall–Kier alpha value is -1.78. The summed E-state index contributed by atoms with van der Waals surface area (Å²) in [6.45, 7) is 3.68. The third kappa shape index (κ3) is 2.91. The second kappa shape index (κ2) is 5.71. The molecule has 5 nitrogen and oxygen atoms in total. The van der Waals surface area contributed by atoms with E-state index in [1.165, 1.54) is 0 Å². The van der Waals surface area contributed by atoms with Crippen LogP contribution < -0.4 is 5.32 Å². The van der Waals surface area contributed by atoms with Gasteiger partial charge in [-0.2, -0.15) is 0 Å². The molecule has 2 rings (SSSR count). The van der Waals surface area contributed by atoms with Gasteiger partial charge < -0.3 is 14.6 Å². The molecule has 0 saturated carbocycles. The third-order valence-corrected chi connectivity index (χ3v) is 3.10. The molecule has 2 amide bonds. The largest absolute Gasteiger partial charge is 0.467 e. The SMILES string of the molecule is CCCN1C[C@H](C(=O)NCc2ccco2)CC1=O. The zero-order chi connectivity index (χ0) is 13.0. The molecule has 0 spiro atoms. The van der Waals surface area contributed by atoms with Crippen molar-refractivity contribution in [3.05, 3.63) is 24.2 Å². The number of hydrogen-bond donors (Lipinski definition) is 1. The lowest BCUT2D eigenvalue weighted by Crippen LogP contribution is -2.32. The van der Waals surface area contributed by atoms with E-state index < -0.39 is 0 Å². The van der Waals surface area contributed by atoms with E-state index in [1.54, 1.807) is 17.2 Å². The Labute approximate surface area is 106 Å². The third-order valence-electron chi connectivity index (χ3n) is 3.10. The van der Waals surface area contributed by atoms with Gasteiger partial charge >= 0.3 is 0 Å². The fraction of sp³-hybridized carbons (Fsp3) is 0.538. The van der Waals surface area contributed by atoms with Crippen molar-refractivity contribution in [2.45, 2.75) is 26.3 Å². The van der Waals surface area contributed by atoms with Crippen LogP contribution in [0.3, 0.4) is 0 Å². The lowest BCUT2D eigenvalue weighted by Gasteiger charge is -2.14. The Morgan fingerprint density at radius 3 is 3.11 bits per heavy atom. The standard InChI is InChI=1S/C13H18N2O3/c1-2-5-15-9-10(7-12(15)16)13(17)14-8-11-4-3-6-18-11/h3-4,6,10H,2,5,7-9H2,1H3,(H,14,17)/t10-/m1/s1. The van der Waals surface area contributed by atoms with Gasteiger partial charge in [0.25, 0.3) is 0 Å². The van der Waals surface area contributed by atoms with Crippen LogP contribution in [0.5, 0.6) is 0 Å². The van der Waals surface area contributed by atoms with Gasteiger partial charge in [0.1, 0.15) is 5.76 Å². The molecule has 1 saturated heterocycles. The van der Waals surface area contributed by atoms with E-state index in [4.69, 9.17) is 4.42 Å². The molecule has 18 heavy (non-hydrogen) atoms. The molecule has 1 atom stereocenters. The van der Waals surface area contributed by atoms with Crippen molar-refractivity contribution in [2.75, 3.05) is 13.1 Å². The number of amides is 2. The molecule has 0 radical (unpaired) electrons. The number of likely N-dealkylation sites (tertiary alicyclic amines) is 1. The highest BCUT2D eigenvalue weighted by Crippen LogP contribution is 2.18. The Bertz CT molecular complexity index is 414. The van der Waals surface area contributed by atoms with Crippen LogP contribution in [-0.4, -0.2) is 29.8 Å². The molecule has 1 aliphatic heterocycles. The highest BCUT2D eigenvalue weighted by Gasteiger charge is 2.33. The second-order valence-electron chi connectivity index (χ2n) is 4.54. The van der Waals surface area contributed by atoms with Gasteiger partial charge in [0.2, 0.25) is 11.8 Å². The van der Waals surface area contributed by atoms with Crippen molar-refractivity contribution in [1.29, 1.82) is 0 Å². The summed E-state index contributed by atoms with van der Waals surface area (Å²) in [5, 5.41) is 2.80. The van der Waals surface area contributed by atoms with Gasteiger partial charge in [-0.1, -0.05) is 6.92 Å². The van der Waals surface area contributed by atoms with E-state index in [9.17, 15) is 9.59 Å². The predicted octanol–water partition coefficient (Wildman–Crippen LogP) is 1.15. The fourth-order valence-corrected chi connectivity index (χ4v) is 2.17. The maximum absolute atomic E-state index is 11.9. The summed E-state index contributed by atoms with van der Waals surface area (Å²) >= 11 is 0. The number of hydrogen-bond acceptors (Lipinski definition) is 3. The molecule has 98 valence electrons. The van der Waals surface area contributed by atoms with Crippen molar-refractivity contribution in [3.8, 4) is 0 Å². The van der Waals surface area contributed by atoms with E-state index in [0.29, 0.717) is 19.5 Å². The molecule has 0 bridgehead atoms. The minimum Gasteiger partial charge on any atom is -0.467 e. The van der Waals surface area contributed by atoms with Crippen molar-refractivity contribution >= 4 is 11.8 Å². The van der Waals surface area contributed by atoms with Gasteiger partial charge in [-0.25, -0.2) is 0 Å². The van der Waals surface area contributed by atoms with Crippen LogP contribution in [0.25, 0.3) is 0 Å². The van der Waals surface area contributed by atoms with Crippen LogP contribution in [-0.2, 0) is 16.1 Å². The molecule has 0 aliphatic carbocycles. The van der Waals surface area contributed by atoms with Crippen LogP contribution >= 0.6 is 0 Å². The van der Waals surface area contributed by atoms with Crippen LogP contribution in [0.15, 0.2) is 22.8 Å². The number of carbonyl (C=O) groups excluding carboxylic acids is 2. The van der Waals surface area contributed by atoms with Crippen LogP contribution in [0, 0.1) is 5.92 Å². The lowest BCUT2D eigenvalue weighted by molar-refractivity contribution is -0.129. The molecule has 2 heterocycles. The smallest absolute Gasteiger partial charge is 0.225 e. The molecular formula is C13H18N2O3. The minimum absolute atomic E-state index is 0.0710. The molecule has 1 aliphatic rings. The van der Waals surface area contributed by atoms with Crippen LogP contribution in [0.2, 0.25) is 0 Å². The van der Waals surface area contributed by atoms with Gasteiger partial charge in [0.05, 0.1) is 18.7 Å². The molecule has 5 heteroatoms. The van der Waals surface area contributed by atoms with Crippen molar-refractivity contribution in [1.82, 2.24) is 10.2 Å². The zero-order valence-electron chi connectivity index (χ0n) is 10.5. The summed E-state index contributed by atoms with van der Waals surface area (Å²) in [6, 6.07) is 3.59. The van der Waals surface area contributed by atoms with E-state index in [1.807, 2.05) is 13.0 Å². The highest BCUT2D eigenvalue weighted by atomic mass is 16.3. The fourth-order valence-electron chi connectivity index (χ4n) is 2.17. The summed E-state index contributed by atoms with van der Waals surface area (Å²) in [5.41, 5.74) is 0. The Morgan fingerprint density at radius 2 is 2.44 bits per heavy atom. The van der Waals surface area contributed by atoms with Crippen molar-refractivity contribution in [2.24, 2.45) is 5.92 Å². The van der Waals surface area contributed by atoms with Crippen molar-refractivity contribution in [3.63, 3.8) is 0 Å². The molecule has 0 aromatic carbocycles. The number of furan rings is 1. The average molecular weight is 250 g/mol. The second-order valence-corrected chi connectivity index (χ2v) is 4.54. The normalized spacial score (nSPS) is 19.3. The predicted molar refractivity (Wildman–Crippen MR) is 65.5 cm³/mol. The summed E-state index contributed by atoms with van der Waals surface area (Å²) in [7, 11) is 0. The first kappa shape index (κ1) is 12.7. The van der Waals surface area contributed by atoms with Gasteiger partial charge in [-0.15, -0.1) is 0 Å². The number of rotatable bonds is 5. The molecular weight excluding hydrogens is 232 g/mol. The van der Waals surface area contributed by atoms with E-state index in [0.717, 1.165) is 18.7 Å². The Morgan fingerprint density at radius 1 is 1.61 bits per heavy atom. The first-order valence-corrected chi connectivity index (χ1v) is 6.28. The van der Waals surface area contributed by atoms with E-state index >= 15 is 0 Å². The van der Waals surface area contributed by atoms with Gasteiger partial charge in [-0.05, 0) is 18.6 Å². The summed E-state index contributed by atoms with van der Waals surface area (Å²) < 4.78 is 5.14. The number of carbonyl (C=O) groups is 2. The quantitative estimate of drug-likeness (QED) is 0.852. The Kier molecular flexibility index (Phi) is 4.02. The maximum atomic E-state index is 11.9. The summed E-state index contributed by atoms with van der Waals surface area (Å²) in [5.74, 6) is 0.505. The zero-order valence-corrected chi connectivity index (χ0v) is 10.5. The van der Waals surface area contributed by atoms with Gasteiger partial charge in [0, 0.05) is 19.5 Å². The van der Waals surface area contributed by atoms with E-state index in [-0.39, 0.29) is 17.7 Å². The minimum atomic E-state index is -0.223. The lowest BCUT2D eigenvalue weighted by atomic mass is 10.1.